The van der Waals surface area contributed by atoms with E-state index in [9.17, 15) is 0 Å². The molecular formula is C11H10. The lowest BCUT2D eigenvalue weighted by molar-refractivity contribution is 0.388. The molecule has 54 valence electrons. The molecule has 2 fully saturated rings. The maximum atomic E-state index is 2.34. The van der Waals surface area contributed by atoms with E-state index in [4.69, 9.17) is 0 Å². The van der Waals surface area contributed by atoms with E-state index in [-0.39, 0.29) is 0 Å². The smallest absolute Gasteiger partial charge is 0.00904 e. The molecule has 0 bridgehead atoms. The molecule has 0 saturated heterocycles. The van der Waals surface area contributed by atoms with Crippen molar-refractivity contribution in [1.82, 2.24) is 0 Å². The van der Waals surface area contributed by atoms with Crippen molar-refractivity contribution in [3.8, 4) is 0 Å². The van der Waals surface area contributed by atoms with Gasteiger partial charge in [-0.05, 0) is 41.2 Å². The fourth-order valence-corrected chi connectivity index (χ4v) is 3.43. The molecule has 3 aliphatic carbocycles. The minimum atomic E-state index is 0.987. The van der Waals surface area contributed by atoms with Crippen molar-refractivity contribution in [3.63, 3.8) is 0 Å². The first kappa shape index (κ1) is 4.97. The van der Waals surface area contributed by atoms with Crippen LogP contribution in [0.25, 0.3) is 0 Å². The first-order valence-electron chi connectivity index (χ1n) is 4.55. The zero-order chi connectivity index (χ0) is 7.00. The van der Waals surface area contributed by atoms with Crippen LogP contribution in [0.3, 0.4) is 0 Å². The van der Waals surface area contributed by atoms with Crippen LogP contribution in [-0.2, 0) is 0 Å². The van der Waals surface area contributed by atoms with Crippen LogP contribution < -0.4 is 0 Å². The van der Waals surface area contributed by atoms with Gasteiger partial charge in [0.1, 0.15) is 0 Å². The molecular weight excluding hydrogens is 132 g/mol. The summed E-state index contributed by atoms with van der Waals surface area (Å²) in [4.78, 5) is 0. The second-order valence-corrected chi connectivity index (χ2v) is 4.24. The Morgan fingerprint density at radius 1 is 1.09 bits per heavy atom. The Labute approximate surface area is 66.2 Å². The van der Waals surface area contributed by atoms with Gasteiger partial charge in [0.15, 0.2) is 0 Å². The summed E-state index contributed by atoms with van der Waals surface area (Å²) in [6, 6.07) is 9.06. The van der Waals surface area contributed by atoms with E-state index in [0.29, 0.717) is 0 Å². The maximum absolute atomic E-state index is 2.34. The Balaban J connectivity index is 2.06. The van der Waals surface area contributed by atoms with Crippen LogP contribution in [0.1, 0.15) is 29.4 Å². The second-order valence-electron chi connectivity index (χ2n) is 4.24. The molecule has 11 heavy (non-hydrogen) atoms. The quantitative estimate of drug-likeness (QED) is 0.522. The third-order valence-electron chi connectivity index (χ3n) is 3.97. The number of hydrogen-bond acceptors (Lipinski definition) is 0. The third-order valence-corrected chi connectivity index (χ3v) is 3.97. The van der Waals surface area contributed by atoms with Crippen LogP contribution >= 0.6 is 0 Å². The Morgan fingerprint density at radius 2 is 1.91 bits per heavy atom. The molecule has 1 aromatic carbocycles. The number of fused-ring (bicyclic) bond motifs is 4. The van der Waals surface area contributed by atoms with Crippen LogP contribution in [0, 0.1) is 11.8 Å². The highest BCUT2D eigenvalue weighted by molar-refractivity contribution is 5.51. The van der Waals surface area contributed by atoms with Crippen LogP contribution in [0.5, 0.6) is 0 Å². The van der Waals surface area contributed by atoms with Gasteiger partial charge in [-0.25, -0.2) is 0 Å². The standard InChI is InChI=1S/C11H10/c1-2-4-7-6(3-1)8-5-9-10(7)11(8)9/h1-4,8-11H,5H2/t8-,9+,10-,11+/m1/s1. The monoisotopic (exact) mass is 142 g/mol. The highest BCUT2D eigenvalue weighted by Crippen LogP contribution is 2.78. The van der Waals surface area contributed by atoms with E-state index in [1.54, 1.807) is 11.1 Å². The minimum Gasteiger partial charge on any atom is -0.0620 e. The van der Waals surface area contributed by atoms with Gasteiger partial charge in [0.2, 0.25) is 0 Å². The van der Waals surface area contributed by atoms with Crippen molar-refractivity contribution in [2.24, 2.45) is 11.8 Å². The highest BCUT2D eigenvalue weighted by atomic mass is 14.7. The molecule has 2 saturated carbocycles. The summed E-state index contributed by atoms with van der Waals surface area (Å²) in [6.07, 6.45) is 1.51. The van der Waals surface area contributed by atoms with Gasteiger partial charge in [-0.15, -0.1) is 0 Å². The molecule has 0 unspecified atom stereocenters. The third kappa shape index (κ3) is 0.366. The van der Waals surface area contributed by atoms with E-state index >= 15 is 0 Å². The second kappa shape index (κ2) is 1.26. The molecule has 1 aromatic rings. The Kier molecular flexibility index (Phi) is 0.570. The zero-order valence-electron chi connectivity index (χ0n) is 6.33. The van der Waals surface area contributed by atoms with Gasteiger partial charge in [-0.1, -0.05) is 24.3 Å². The minimum absolute atomic E-state index is 0.987. The summed E-state index contributed by atoms with van der Waals surface area (Å²) in [5, 5.41) is 0. The van der Waals surface area contributed by atoms with Crippen molar-refractivity contribution >= 4 is 0 Å². The van der Waals surface area contributed by atoms with Crippen molar-refractivity contribution < 1.29 is 0 Å². The Hall–Kier alpha value is -0.780. The predicted octanol–water partition coefficient (Wildman–Crippen LogP) is 2.52. The van der Waals surface area contributed by atoms with E-state index < -0.39 is 0 Å². The average Bonchev–Trinajstić information content (AvgIpc) is 2.49. The molecule has 0 heterocycles. The molecule has 0 spiro atoms. The van der Waals surface area contributed by atoms with E-state index in [1.807, 2.05) is 0 Å². The lowest BCUT2D eigenvalue weighted by atomic mass is 9.78. The maximum Gasteiger partial charge on any atom is -0.00904 e. The molecule has 0 amide bonds. The molecule has 0 radical (unpaired) electrons. The Bertz CT molecular complexity index is 315. The fraction of sp³-hybridized carbons (Fsp3) is 0.455. The molecule has 0 aliphatic heterocycles. The summed E-state index contributed by atoms with van der Waals surface area (Å²) < 4.78 is 0. The number of rotatable bonds is 0. The number of benzene rings is 1. The molecule has 4 rings (SSSR count). The van der Waals surface area contributed by atoms with E-state index in [1.165, 1.54) is 6.42 Å². The topological polar surface area (TPSA) is 0 Å². The normalized spacial score (nSPS) is 47.6. The summed E-state index contributed by atoms with van der Waals surface area (Å²) in [6.45, 7) is 0. The SMILES string of the molecule is c1ccc2c(c1)[C@@H]1[C@@H]3C[C@H]2[C@@H]31. The van der Waals surface area contributed by atoms with Crippen molar-refractivity contribution in [2.75, 3.05) is 0 Å². The zero-order valence-corrected chi connectivity index (χ0v) is 6.33. The van der Waals surface area contributed by atoms with Crippen LogP contribution in [0.4, 0.5) is 0 Å². The van der Waals surface area contributed by atoms with E-state index in [2.05, 4.69) is 24.3 Å². The van der Waals surface area contributed by atoms with Crippen LogP contribution in [0.2, 0.25) is 0 Å². The first-order chi connectivity index (χ1) is 5.47. The average molecular weight is 142 g/mol. The van der Waals surface area contributed by atoms with E-state index in [0.717, 1.165) is 23.7 Å². The van der Waals surface area contributed by atoms with Gasteiger partial charge in [-0.3, -0.25) is 0 Å². The highest BCUT2D eigenvalue weighted by Gasteiger charge is 2.68. The summed E-state index contributed by atoms with van der Waals surface area (Å²) in [5.41, 5.74) is 3.38. The van der Waals surface area contributed by atoms with Gasteiger partial charge in [-0.2, -0.15) is 0 Å². The van der Waals surface area contributed by atoms with Crippen LogP contribution in [-0.4, -0.2) is 0 Å². The predicted molar refractivity (Wildman–Crippen MR) is 43.5 cm³/mol. The summed E-state index contributed by atoms with van der Waals surface area (Å²) in [7, 11) is 0. The van der Waals surface area contributed by atoms with Crippen LogP contribution in [0.15, 0.2) is 24.3 Å². The molecule has 0 N–H and O–H groups in total. The fourth-order valence-electron chi connectivity index (χ4n) is 3.43. The molecule has 0 nitrogen and oxygen atoms in total. The first-order valence-corrected chi connectivity index (χ1v) is 4.55. The lowest BCUT2D eigenvalue weighted by Crippen LogP contribution is -2.14. The van der Waals surface area contributed by atoms with Crippen molar-refractivity contribution in [1.29, 1.82) is 0 Å². The van der Waals surface area contributed by atoms with Crippen molar-refractivity contribution in [3.05, 3.63) is 35.4 Å². The molecule has 0 heteroatoms. The van der Waals surface area contributed by atoms with Gasteiger partial charge in [0.05, 0.1) is 0 Å². The molecule has 0 aromatic heterocycles. The van der Waals surface area contributed by atoms with Crippen molar-refractivity contribution in [2.45, 2.75) is 18.3 Å². The van der Waals surface area contributed by atoms with Gasteiger partial charge in [0, 0.05) is 0 Å². The van der Waals surface area contributed by atoms with Gasteiger partial charge < -0.3 is 0 Å². The number of hydrogen-bond donors (Lipinski definition) is 0. The molecule has 3 aliphatic rings. The van der Waals surface area contributed by atoms with Gasteiger partial charge >= 0.3 is 0 Å². The Morgan fingerprint density at radius 3 is 2.73 bits per heavy atom. The summed E-state index contributed by atoms with van der Waals surface area (Å²) in [5.74, 6) is 4.22. The lowest BCUT2D eigenvalue weighted by Gasteiger charge is -2.26. The molecule has 4 atom stereocenters. The van der Waals surface area contributed by atoms with Gasteiger partial charge in [0.25, 0.3) is 0 Å². The summed E-state index contributed by atoms with van der Waals surface area (Å²) >= 11 is 0. The largest absolute Gasteiger partial charge is 0.0620 e.